The molecular formula is C17H32ClN3OS. The molecule has 0 unspecified atom stereocenters. The lowest BCUT2D eigenvalue weighted by Crippen LogP contribution is -2.57. The van der Waals surface area contributed by atoms with E-state index in [4.69, 9.17) is 0 Å². The van der Waals surface area contributed by atoms with E-state index in [-0.39, 0.29) is 23.9 Å². The molecule has 0 aromatic carbocycles. The Labute approximate surface area is 151 Å². The second-order valence-electron chi connectivity index (χ2n) is 7.33. The molecule has 2 saturated heterocycles. The first-order chi connectivity index (χ1) is 10.7. The molecule has 2 heterocycles. The number of carbonyl (C=O) groups is 1. The van der Waals surface area contributed by atoms with Crippen molar-refractivity contribution in [2.75, 3.05) is 37.7 Å². The number of thioether (sulfide) groups is 1. The molecule has 0 spiro atoms. The van der Waals surface area contributed by atoms with Gasteiger partial charge in [-0.2, -0.15) is 11.8 Å². The molecule has 0 aromatic rings. The topological polar surface area (TPSA) is 44.4 Å². The molecule has 4 nitrogen and oxygen atoms in total. The molecule has 1 aliphatic carbocycles. The number of piperidine rings is 1. The van der Waals surface area contributed by atoms with Crippen molar-refractivity contribution in [1.82, 2.24) is 15.5 Å². The van der Waals surface area contributed by atoms with Crippen molar-refractivity contribution in [3.63, 3.8) is 0 Å². The summed E-state index contributed by atoms with van der Waals surface area (Å²) >= 11 is 2.07. The van der Waals surface area contributed by atoms with Gasteiger partial charge in [-0.05, 0) is 39.2 Å². The van der Waals surface area contributed by atoms with Gasteiger partial charge in [0.25, 0.3) is 0 Å². The van der Waals surface area contributed by atoms with Crippen molar-refractivity contribution in [3.8, 4) is 0 Å². The molecule has 3 rings (SSSR count). The van der Waals surface area contributed by atoms with E-state index in [2.05, 4.69) is 34.2 Å². The van der Waals surface area contributed by atoms with Gasteiger partial charge in [0.15, 0.2) is 0 Å². The van der Waals surface area contributed by atoms with Gasteiger partial charge in [0.05, 0.1) is 0 Å². The molecule has 3 fully saturated rings. The van der Waals surface area contributed by atoms with E-state index in [1.165, 1.54) is 50.3 Å². The molecule has 0 radical (unpaired) electrons. The Hall–Kier alpha value is 0.0300. The number of halogens is 1. The normalized spacial score (nSPS) is 31.3. The maximum Gasteiger partial charge on any atom is 0.223 e. The number of carbonyl (C=O) groups excluding carboxylic acids is 1. The van der Waals surface area contributed by atoms with Gasteiger partial charge < -0.3 is 10.6 Å². The van der Waals surface area contributed by atoms with E-state index in [0.717, 1.165) is 25.9 Å². The quantitative estimate of drug-likeness (QED) is 0.806. The van der Waals surface area contributed by atoms with Crippen molar-refractivity contribution in [2.45, 2.75) is 57.0 Å². The number of nitrogens with zero attached hydrogens (tertiary/aromatic N) is 1. The second kappa shape index (κ2) is 8.93. The van der Waals surface area contributed by atoms with Crippen LogP contribution in [0, 0.1) is 5.92 Å². The Balaban J connectivity index is 0.00000192. The van der Waals surface area contributed by atoms with Crippen LogP contribution in [-0.2, 0) is 4.79 Å². The molecule has 23 heavy (non-hydrogen) atoms. The largest absolute Gasteiger partial charge is 0.354 e. The summed E-state index contributed by atoms with van der Waals surface area (Å²) in [5.41, 5.74) is 0.259. The lowest BCUT2D eigenvalue weighted by molar-refractivity contribution is -0.126. The zero-order valence-electron chi connectivity index (χ0n) is 14.3. The van der Waals surface area contributed by atoms with E-state index in [0.29, 0.717) is 11.9 Å². The monoisotopic (exact) mass is 361 g/mol. The molecule has 134 valence electrons. The van der Waals surface area contributed by atoms with E-state index < -0.39 is 0 Å². The van der Waals surface area contributed by atoms with E-state index in [1.807, 2.05) is 0 Å². The predicted molar refractivity (Wildman–Crippen MR) is 101 cm³/mol. The Morgan fingerprint density at radius 2 is 2.00 bits per heavy atom. The van der Waals surface area contributed by atoms with Crippen LogP contribution in [-0.4, -0.2) is 60.1 Å². The van der Waals surface area contributed by atoms with Gasteiger partial charge in [-0.25, -0.2) is 0 Å². The Morgan fingerprint density at radius 1 is 1.30 bits per heavy atom. The van der Waals surface area contributed by atoms with Crippen molar-refractivity contribution in [3.05, 3.63) is 0 Å². The van der Waals surface area contributed by atoms with Crippen LogP contribution in [0.25, 0.3) is 0 Å². The summed E-state index contributed by atoms with van der Waals surface area (Å²) < 4.78 is 0. The maximum atomic E-state index is 12.6. The third-order valence-corrected chi connectivity index (χ3v) is 6.74. The minimum absolute atomic E-state index is 0. The maximum absolute atomic E-state index is 12.6. The van der Waals surface area contributed by atoms with Crippen LogP contribution in [0.4, 0.5) is 0 Å². The van der Waals surface area contributed by atoms with Crippen molar-refractivity contribution in [1.29, 1.82) is 0 Å². The number of nitrogens with one attached hydrogen (secondary N) is 2. The van der Waals surface area contributed by atoms with Crippen LogP contribution in [0.2, 0.25) is 0 Å². The minimum atomic E-state index is 0. The van der Waals surface area contributed by atoms with E-state index in [1.54, 1.807) is 0 Å². The molecule has 2 atom stereocenters. The molecule has 2 aliphatic heterocycles. The fourth-order valence-electron chi connectivity index (χ4n) is 4.44. The van der Waals surface area contributed by atoms with Gasteiger partial charge in [-0.3, -0.25) is 9.69 Å². The van der Waals surface area contributed by atoms with Crippen LogP contribution in [0.5, 0.6) is 0 Å². The number of hydrogen-bond acceptors (Lipinski definition) is 4. The molecular weight excluding hydrogens is 330 g/mol. The summed E-state index contributed by atoms with van der Waals surface area (Å²) in [5, 5.41) is 6.77. The smallest absolute Gasteiger partial charge is 0.223 e. The third-order valence-electron chi connectivity index (χ3n) is 5.80. The lowest BCUT2D eigenvalue weighted by Gasteiger charge is -2.43. The van der Waals surface area contributed by atoms with Crippen molar-refractivity contribution in [2.24, 2.45) is 5.92 Å². The first-order valence-electron chi connectivity index (χ1n) is 9.03. The van der Waals surface area contributed by atoms with Gasteiger partial charge in [-0.1, -0.05) is 12.8 Å². The lowest BCUT2D eigenvalue weighted by atomic mass is 9.91. The van der Waals surface area contributed by atoms with Crippen LogP contribution >= 0.6 is 24.2 Å². The number of amides is 1. The van der Waals surface area contributed by atoms with Crippen LogP contribution in [0.15, 0.2) is 0 Å². The summed E-state index contributed by atoms with van der Waals surface area (Å²) in [4.78, 5) is 15.2. The van der Waals surface area contributed by atoms with Gasteiger partial charge in [0.1, 0.15) is 0 Å². The SMILES string of the molecule is C[C@H]1C[C@@H](C(=O)NCC2(N3CCSCC3)CCCC2)CCN1.Cl. The van der Waals surface area contributed by atoms with Gasteiger partial charge in [0, 0.05) is 48.6 Å². The highest BCUT2D eigenvalue weighted by atomic mass is 35.5. The van der Waals surface area contributed by atoms with E-state index >= 15 is 0 Å². The highest BCUT2D eigenvalue weighted by molar-refractivity contribution is 7.99. The fourth-order valence-corrected chi connectivity index (χ4v) is 5.34. The molecule has 3 aliphatic rings. The fraction of sp³-hybridized carbons (Fsp3) is 0.941. The Morgan fingerprint density at radius 3 is 2.65 bits per heavy atom. The summed E-state index contributed by atoms with van der Waals surface area (Å²) in [5.74, 6) is 3.01. The molecule has 0 bridgehead atoms. The minimum Gasteiger partial charge on any atom is -0.354 e. The molecule has 2 N–H and O–H groups in total. The second-order valence-corrected chi connectivity index (χ2v) is 8.55. The highest BCUT2D eigenvalue weighted by Crippen LogP contribution is 2.36. The summed E-state index contributed by atoms with van der Waals surface area (Å²) in [6, 6.07) is 0.476. The van der Waals surface area contributed by atoms with Gasteiger partial charge >= 0.3 is 0 Å². The first kappa shape index (κ1) is 19.4. The highest BCUT2D eigenvalue weighted by Gasteiger charge is 2.40. The molecule has 1 amide bonds. The predicted octanol–water partition coefficient (Wildman–Crippen LogP) is 2.27. The number of hydrogen-bond donors (Lipinski definition) is 2. The van der Waals surface area contributed by atoms with E-state index in [9.17, 15) is 4.79 Å². The van der Waals surface area contributed by atoms with Crippen LogP contribution in [0.1, 0.15) is 45.4 Å². The van der Waals surface area contributed by atoms with Gasteiger partial charge in [-0.15, -0.1) is 12.4 Å². The van der Waals surface area contributed by atoms with Crippen molar-refractivity contribution >= 4 is 30.1 Å². The molecule has 6 heteroatoms. The average molecular weight is 362 g/mol. The van der Waals surface area contributed by atoms with Gasteiger partial charge in [0.2, 0.25) is 5.91 Å². The first-order valence-corrected chi connectivity index (χ1v) is 10.2. The standard InChI is InChI=1S/C17H31N3OS.ClH/c1-14-12-15(4-7-18-14)16(21)19-13-17(5-2-3-6-17)20-8-10-22-11-9-20;/h14-15,18H,2-13H2,1H3,(H,19,21);1H/t14-,15-;/m0./s1. The van der Waals surface area contributed by atoms with Crippen LogP contribution < -0.4 is 10.6 Å². The third kappa shape index (κ3) is 4.77. The Bertz CT molecular complexity index is 384. The zero-order valence-corrected chi connectivity index (χ0v) is 15.9. The number of rotatable bonds is 4. The van der Waals surface area contributed by atoms with Crippen LogP contribution in [0.3, 0.4) is 0 Å². The summed E-state index contributed by atoms with van der Waals surface area (Å²) in [7, 11) is 0. The average Bonchev–Trinajstić information content (AvgIpc) is 3.04. The van der Waals surface area contributed by atoms with Crippen molar-refractivity contribution < 1.29 is 4.79 Å². The molecule has 0 aromatic heterocycles. The Kier molecular flexibility index (Phi) is 7.52. The summed E-state index contributed by atoms with van der Waals surface area (Å²) in [6.45, 7) is 6.43. The summed E-state index contributed by atoms with van der Waals surface area (Å²) in [6.07, 6.45) is 7.15. The molecule has 1 saturated carbocycles. The zero-order chi connectivity index (χ0) is 15.4.